The van der Waals surface area contributed by atoms with Crippen LogP contribution >= 0.6 is 0 Å². The number of rotatable bonds is 5. The zero-order valence-electron chi connectivity index (χ0n) is 10.00. The Balaban J connectivity index is 2.06. The monoisotopic (exact) mass is 266 g/mol. The van der Waals surface area contributed by atoms with E-state index in [1.165, 1.54) is 0 Å². The van der Waals surface area contributed by atoms with E-state index in [-0.39, 0.29) is 13.2 Å². The Hall–Kier alpha value is -2.12. The Morgan fingerprint density at radius 3 is 2.26 bits per heavy atom. The van der Waals surface area contributed by atoms with Crippen molar-refractivity contribution < 1.29 is 24.5 Å². The van der Waals surface area contributed by atoms with Crippen LogP contribution < -0.4 is 15.4 Å². The minimum Gasteiger partial charge on any atom is -0.486 e. The number of aliphatic hydroxyl groups excluding tert-OH is 2. The number of aliphatic hydroxyl groups is 2. The Morgan fingerprint density at radius 1 is 1.16 bits per heavy atom. The van der Waals surface area contributed by atoms with Gasteiger partial charge >= 0.3 is 6.03 Å². The van der Waals surface area contributed by atoms with Gasteiger partial charge in [0.05, 0.1) is 13.2 Å². The second-order valence-corrected chi connectivity index (χ2v) is 4.07. The van der Waals surface area contributed by atoms with E-state index < -0.39 is 24.1 Å². The molecule has 102 valence electrons. The van der Waals surface area contributed by atoms with Gasteiger partial charge in [0.25, 0.3) is 5.91 Å². The summed E-state index contributed by atoms with van der Waals surface area (Å²) in [4.78, 5) is 22.5. The van der Waals surface area contributed by atoms with E-state index in [0.717, 1.165) is 0 Å². The molecule has 1 fully saturated rings. The van der Waals surface area contributed by atoms with Crippen molar-refractivity contribution in [3.05, 3.63) is 29.8 Å². The van der Waals surface area contributed by atoms with Crippen LogP contribution in [0.25, 0.3) is 0 Å². The standard InChI is InChI=1S/C12H14N2O5/c15-5-9(6-16)19-8-3-1-7(2-4-8)10-11(17)14-12(18)13-10/h1-4,9-10,15-16H,5-6H2,(H2,13,14,17,18)/t10-/m1/s1. The van der Waals surface area contributed by atoms with Crippen LogP contribution in [-0.2, 0) is 4.79 Å². The SMILES string of the molecule is O=C1NC(=O)[C@@H](c2ccc(OC(CO)CO)cc2)N1. The van der Waals surface area contributed by atoms with E-state index in [1.54, 1.807) is 24.3 Å². The fraction of sp³-hybridized carbons (Fsp3) is 0.333. The van der Waals surface area contributed by atoms with Gasteiger partial charge in [-0.25, -0.2) is 4.79 Å². The molecule has 0 unspecified atom stereocenters. The average Bonchev–Trinajstić information content (AvgIpc) is 2.76. The lowest BCUT2D eigenvalue weighted by Gasteiger charge is -2.15. The molecule has 7 nitrogen and oxygen atoms in total. The summed E-state index contributed by atoms with van der Waals surface area (Å²) in [5.74, 6) is 0.0591. The van der Waals surface area contributed by atoms with Gasteiger partial charge in [-0.1, -0.05) is 12.1 Å². The quantitative estimate of drug-likeness (QED) is 0.527. The summed E-state index contributed by atoms with van der Waals surface area (Å²) in [5.41, 5.74) is 0.625. The van der Waals surface area contributed by atoms with Gasteiger partial charge in [0.15, 0.2) is 0 Å². The molecular weight excluding hydrogens is 252 g/mol. The van der Waals surface area contributed by atoms with Gasteiger partial charge in [0, 0.05) is 0 Å². The number of benzene rings is 1. The van der Waals surface area contributed by atoms with E-state index in [9.17, 15) is 9.59 Å². The van der Waals surface area contributed by atoms with Gasteiger partial charge < -0.3 is 20.3 Å². The summed E-state index contributed by atoms with van der Waals surface area (Å²) in [6, 6.07) is 5.26. The van der Waals surface area contributed by atoms with Crippen molar-refractivity contribution in [3.63, 3.8) is 0 Å². The highest BCUT2D eigenvalue weighted by Gasteiger charge is 2.30. The number of amides is 3. The number of hydrogen-bond donors (Lipinski definition) is 4. The Kier molecular flexibility index (Phi) is 3.98. The highest BCUT2D eigenvalue weighted by molar-refractivity contribution is 6.04. The van der Waals surface area contributed by atoms with Crippen molar-refractivity contribution in [2.75, 3.05) is 13.2 Å². The first-order chi connectivity index (χ1) is 9.13. The summed E-state index contributed by atoms with van der Waals surface area (Å²) in [6.45, 7) is -0.585. The Morgan fingerprint density at radius 2 is 1.79 bits per heavy atom. The topological polar surface area (TPSA) is 108 Å². The predicted molar refractivity (Wildman–Crippen MR) is 64.4 cm³/mol. The minimum absolute atomic E-state index is 0.292. The summed E-state index contributed by atoms with van der Waals surface area (Å²) in [6.07, 6.45) is -0.680. The number of carbonyl (C=O) groups excluding carboxylic acids is 2. The van der Waals surface area contributed by atoms with Crippen molar-refractivity contribution in [1.29, 1.82) is 0 Å². The van der Waals surface area contributed by atoms with Crippen molar-refractivity contribution in [2.24, 2.45) is 0 Å². The normalized spacial score (nSPS) is 18.4. The summed E-state index contributed by atoms with van der Waals surface area (Å²) >= 11 is 0. The minimum atomic E-state index is -0.701. The highest BCUT2D eigenvalue weighted by atomic mass is 16.5. The lowest BCUT2D eigenvalue weighted by molar-refractivity contribution is -0.120. The van der Waals surface area contributed by atoms with Crippen LogP contribution in [0.4, 0.5) is 4.79 Å². The molecule has 0 aromatic heterocycles. The molecule has 19 heavy (non-hydrogen) atoms. The zero-order valence-corrected chi connectivity index (χ0v) is 10.00. The van der Waals surface area contributed by atoms with Crippen LogP contribution in [-0.4, -0.2) is 41.5 Å². The number of carbonyl (C=O) groups is 2. The molecule has 4 N–H and O–H groups in total. The maximum absolute atomic E-state index is 11.4. The maximum Gasteiger partial charge on any atom is 0.322 e. The molecular formula is C12H14N2O5. The van der Waals surface area contributed by atoms with E-state index >= 15 is 0 Å². The van der Waals surface area contributed by atoms with Gasteiger partial charge in [-0.3, -0.25) is 10.1 Å². The summed E-state index contributed by atoms with van der Waals surface area (Å²) in [5, 5.41) is 22.4. The number of ether oxygens (including phenoxy) is 1. The van der Waals surface area contributed by atoms with E-state index in [4.69, 9.17) is 14.9 Å². The summed E-state index contributed by atoms with van der Waals surface area (Å²) in [7, 11) is 0. The van der Waals surface area contributed by atoms with Crippen LogP contribution in [0.2, 0.25) is 0 Å². The van der Waals surface area contributed by atoms with Crippen LogP contribution in [0.15, 0.2) is 24.3 Å². The molecule has 0 aliphatic carbocycles. The van der Waals surface area contributed by atoms with Crippen LogP contribution in [0.1, 0.15) is 11.6 Å². The van der Waals surface area contributed by atoms with Gasteiger partial charge in [-0.05, 0) is 17.7 Å². The van der Waals surface area contributed by atoms with E-state index in [2.05, 4.69) is 10.6 Å². The number of nitrogens with one attached hydrogen (secondary N) is 2. The molecule has 3 amide bonds. The predicted octanol–water partition coefficient (Wildman–Crippen LogP) is -0.701. The molecule has 1 saturated heterocycles. The Bertz CT molecular complexity index is 470. The molecule has 0 saturated carbocycles. The third-order valence-corrected chi connectivity index (χ3v) is 2.70. The van der Waals surface area contributed by atoms with Crippen LogP contribution in [0, 0.1) is 0 Å². The van der Waals surface area contributed by atoms with Gasteiger partial charge in [0.2, 0.25) is 0 Å². The highest BCUT2D eigenvalue weighted by Crippen LogP contribution is 2.20. The molecule has 1 aromatic carbocycles. The van der Waals surface area contributed by atoms with Crippen molar-refractivity contribution >= 4 is 11.9 Å². The lowest BCUT2D eigenvalue weighted by atomic mass is 10.1. The van der Waals surface area contributed by atoms with Gasteiger partial charge in [0.1, 0.15) is 17.9 Å². The molecule has 1 aromatic rings. The van der Waals surface area contributed by atoms with Gasteiger partial charge in [-0.15, -0.1) is 0 Å². The fourth-order valence-electron chi connectivity index (χ4n) is 1.72. The van der Waals surface area contributed by atoms with Crippen LogP contribution in [0.5, 0.6) is 5.75 Å². The second kappa shape index (κ2) is 5.68. The average molecular weight is 266 g/mol. The molecule has 0 bridgehead atoms. The first-order valence-corrected chi connectivity index (χ1v) is 5.73. The Labute approximate surface area is 109 Å². The van der Waals surface area contributed by atoms with Gasteiger partial charge in [-0.2, -0.15) is 0 Å². The summed E-state index contributed by atoms with van der Waals surface area (Å²) < 4.78 is 5.29. The zero-order chi connectivity index (χ0) is 13.8. The number of urea groups is 1. The molecule has 7 heteroatoms. The smallest absolute Gasteiger partial charge is 0.322 e. The molecule has 0 radical (unpaired) electrons. The fourth-order valence-corrected chi connectivity index (χ4v) is 1.72. The van der Waals surface area contributed by atoms with E-state index in [0.29, 0.717) is 11.3 Å². The number of hydrogen-bond acceptors (Lipinski definition) is 5. The van der Waals surface area contributed by atoms with Crippen molar-refractivity contribution in [1.82, 2.24) is 10.6 Å². The number of imide groups is 1. The van der Waals surface area contributed by atoms with Crippen molar-refractivity contribution in [2.45, 2.75) is 12.1 Å². The molecule has 1 aliphatic heterocycles. The molecule has 1 aliphatic rings. The molecule has 1 heterocycles. The van der Waals surface area contributed by atoms with E-state index in [1.807, 2.05) is 0 Å². The molecule has 1 atom stereocenters. The lowest BCUT2D eigenvalue weighted by Crippen LogP contribution is -2.25. The van der Waals surface area contributed by atoms with Crippen molar-refractivity contribution in [3.8, 4) is 5.75 Å². The maximum atomic E-state index is 11.4. The first kappa shape index (κ1) is 13.3. The first-order valence-electron chi connectivity index (χ1n) is 5.73. The third kappa shape index (κ3) is 3.01. The van der Waals surface area contributed by atoms with Crippen LogP contribution in [0.3, 0.4) is 0 Å². The second-order valence-electron chi connectivity index (χ2n) is 4.07. The third-order valence-electron chi connectivity index (χ3n) is 2.70. The molecule has 2 rings (SSSR count). The molecule has 0 spiro atoms. The largest absolute Gasteiger partial charge is 0.486 e.